The summed E-state index contributed by atoms with van der Waals surface area (Å²) in [7, 11) is 0. The molecule has 1 aliphatic rings. The Kier molecular flexibility index (Phi) is 6.15. The SMILES string of the molecule is CC1(C)c2ccccc2-c2ccc(-n3c4ccc(C#N)cc4c4cc(-c5nc(-c6ccccc6)nc(-c6ccccc6)n5)ccc43)cc21. The third kappa shape index (κ3) is 4.27. The second-order valence-electron chi connectivity index (χ2n) is 12.8. The van der Waals surface area contributed by atoms with E-state index in [2.05, 4.69) is 91.2 Å². The largest absolute Gasteiger partial charge is 0.309 e. The molecule has 5 heteroatoms. The van der Waals surface area contributed by atoms with Crippen molar-refractivity contribution in [2.45, 2.75) is 19.3 Å². The quantitative estimate of drug-likeness (QED) is 0.198. The number of hydrogen-bond acceptors (Lipinski definition) is 4. The molecule has 0 radical (unpaired) electrons. The van der Waals surface area contributed by atoms with Crippen LogP contribution in [0, 0.1) is 11.3 Å². The molecule has 2 heterocycles. The monoisotopic (exact) mass is 615 g/mol. The fraction of sp³-hybridized carbons (Fsp3) is 0.0698. The molecule has 0 N–H and O–H groups in total. The second-order valence-corrected chi connectivity index (χ2v) is 12.8. The number of hydrogen-bond donors (Lipinski definition) is 0. The van der Waals surface area contributed by atoms with Crippen LogP contribution in [0.3, 0.4) is 0 Å². The van der Waals surface area contributed by atoms with Crippen LogP contribution in [0.25, 0.3) is 72.8 Å². The van der Waals surface area contributed by atoms with E-state index in [0.29, 0.717) is 23.0 Å². The summed E-state index contributed by atoms with van der Waals surface area (Å²) < 4.78 is 2.31. The highest BCUT2D eigenvalue weighted by molar-refractivity contribution is 6.11. The molecule has 0 atom stereocenters. The molecular weight excluding hydrogens is 587 g/mol. The number of nitriles is 1. The summed E-state index contributed by atoms with van der Waals surface area (Å²) in [6.07, 6.45) is 0. The van der Waals surface area contributed by atoms with Crippen molar-refractivity contribution in [2.24, 2.45) is 0 Å². The van der Waals surface area contributed by atoms with Crippen molar-refractivity contribution >= 4 is 21.8 Å². The molecule has 226 valence electrons. The van der Waals surface area contributed by atoms with E-state index in [-0.39, 0.29) is 5.41 Å². The molecule has 9 rings (SSSR count). The highest BCUT2D eigenvalue weighted by atomic mass is 15.0. The van der Waals surface area contributed by atoms with Crippen LogP contribution in [0.5, 0.6) is 0 Å². The number of rotatable bonds is 4. The van der Waals surface area contributed by atoms with Crippen LogP contribution >= 0.6 is 0 Å². The third-order valence-corrected chi connectivity index (χ3v) is 9.68. The molecule has 0 unspecified atom stereocenters. The van der Waals surface area contributed by atoms with Crippen LogP contribution < -0.4 is 0 Å². The molecule has 0 bridgehead atoms. The zero-order valence-electron chi connectivity index (χ0n) is 26.5. The van der Waals surface area contributed by atoms with E-state index in [4.69, 9.17) is 15.0 Å². The van der Waals surface area contributed by atoms with Gasteiger partial charge in [0.15, 0.2) is 17.5 Å². The summed E-state index contributed by atoms with van der Waals surface area (Å²) in [5.41, 5.74) is 11.7. The minimum Gasteiger partial charge on any atom is -0.309 e. The summed E-state index contributed by atoms with van der Waals surface area (Å²) in [6, 6.07) is 50.2. The van der Waals surface area contributed by atoms with Gasteiger partial charge in [0.05, 0.1) is 22.7 Å². The van der Waals surface area contributed by atoms with Crippen molar-refractivity contribution in [2.75, 3.05) is 0 Å². The Bertz CT molecular complexity index is 2530. The lowest BCUT2D eigenvalue weighted by Crippen LogP contribution is -2.15. The Labute approximate surface area is 278 Å². The number of benzene rings is 6. The third-order valence-electron chi connectivity index (χ3n) is 9.68. The molecule has 8 aromatic rings. The number of nitrogens with zero attached hydrogens (tertiary/aromatic N) is 5. The summed E-state index contributed by atoms with van der Waals surface area (Å²) in [4.78, 5) is 14.8. The molecule has 5 nitrogen and oxygen atoms in total. The van der Waals surface area contributed by atoms with E-state index in [0.717, 1.165) is 44.2 Å². The van der Waals surface area contributed by atoms with Gasteiger partial charge in [-0.2, -0.15) is 5.26 Å². The van der Waals surface area contributed by atoms with Crippen molar-refractivity contribution in [3.05, 3.63) is 156 Å². The topological polar surface area (TPSA) is 67.4 Å². The van der Waals surface area contributed by atoms with E-state index >= 15 is 0 Å². The molecular formula is C43H29N5. The molecule has 48 heavy (non-hydrogen) atoms. The van der Waals surface area contributed by atoms with Crippen molar-refractivity contribution in [1.29, 1.82) is 5.26 Å². The second kappa shape index (κ2) is 10.6. The summed E-state index contributed by atoms with van der Waals surface area (Å²) in [5.74, 6) is 1.84. The lowest BCUT2D eigenvalue weighted by atomic mass is 9.82. The van der Waals surface area contributed by atoms with Gasteiger partial charge in [-0.05, 0) is 70.8 Å². The number of fused-ring (bicyclic) bond motifs is 6. The molecule has 0 amide bonds. The van der Waals surface area contributed by atoms with E-state index < -0.39 is 0 Å². The summed E-state index contributed by atoms with van der Waals surface area (Å²) in [6.45, 7) is 4.61. The zero-order valence-corrected chi connectivity index (χ0v) is 26.5. The maximum absolute atomic E-state index is 9.87. The predicted molar refractivity (Wildman–Crippen MR) is 193 cm³/mol. The predicted octanol–water partition coefficient (Wildman–Crippen LogP) is 10.1. The minimum absolute atomic E-state index is 0.118. The fourth-order valence-electron chi connectivity index (χ4n) is 7.28. The van der Waals surface area contributed by atoms with Crippen molar-refractivity contribution < 1.29 is 0 Å². The average molecular weight is 616 g/mol. The normalized spacial score (nSPS) is 12.9. The molecule has 0 fully saturated rings. The van der Waals surface area contributed by atoms with Crippen LogP contribution in [0.1, 0.15) is 30.5 Å². The zero-order chi connectivity index (χ0) is 32.4. The number of aromatic nitrogens is 4. The smallest absolute Gasteiger partial charge is 0.164 e. The van der Waals surface area contributed by atoms with E-state index in [1.807, 2.05) is 72.8 Å². The van der Waals surface area contributed by atoms with Gasteiger partial charge in [0.1, 0.15) is 0 Å². The lowest BCUT2D eigenvalue weighted by molar-refractivity contribution is 0.660. The van der Waals surface area contributed by atoms with Gasteiger partial charge in [-0.25, -0.2) is 15.0 Å². The molecule has 0 saturated carbocycles. The van der Waals surface area contributed by atoms with Gasteiger partial charge in [0.25, 0.3) is 0 Å². The van der Waals surface area contributed by atoms with Gasteiger partial charge in [0, 0.05) is 38.6 Å². The average Bonchev–Trinajstić information content (AvgIpc) is 3.59. The van der Waals surface area contributed by atoms with Gasteiger partial charge in [-0.15, -0.1) is 0 Å². The molecule has 0 spiro atoms. The first-order valence-electron chi connectivity index (χ1n) is 16.1. The van der Waals surface area contributed by atoms with Crippen molar-refractivity contribution in [3.8, 4) is 57.0 Å². The minimum atomic E-state index is -0.118. The van der Waals surface area contributed by atoms with Gasteiger partial charge in [-0.3, -0.25) is 0 Å². The Morgan fingerprint density at radius 2 is 1.08 bits per heavy atom. The van der Waals surface area contributed by atoms with Crippen LogP contribution in [0.4, 0.5) is 0 Å². The first kappa shape index (κ1) is 27.9. The molecule has 6 aromatic carbocycles. The maximum atomic E-state index is 9.87. The van der Waals surface area contributed by atoms with Gasteiger partial charge >= 0.3 is 0 Å². The lowest BCUT2D eigenvalue weighted by Gasteiger charge is -2.22. The highest BCUT2D eigenvalue weighted by Gasteiger charge is 2.35. The molecule has 2 aromatic heterocycles. The van der Waals surface area contributed by atoms with E-state index in [1.54, 1.807) is 0 Å². The van der Waals surface area contributed by atoms with Crippen LogP contribution in [0.15, 0.2) is 140 Å². The Balaban J connectivity index is 1.26. The van der Waals surface area contributed by atoms with Crippen LogP contribution in [-0.4, -0.2) is 19.5 Å². The van der Waals surface area contributed by atoms with E-state index in [1.165, 1.54) is 22.3 Å². The maximum Gasteiger partial charge on any atom is 0.164 e. The molecule has 1 aliphatic carbocycles. The standard InChI is InChI=1S/C43H29N5/c1-43(2)36-16-10-9-15-32(36)33-20-19-31(25-37(33)43)48-38-21-17-27(26-44)23-34(38)35-24-30(18-22-39(35)48)42-46-40(28-11-5-3-6-12-28)45-41(47-42)29-13-7-4-8-14-29/h3-25H,1-2H3. The Morgan fingerprint density at radius 1 is 0.521 bits per heavy atom. The summed E-state index contributed by atoms with van der Waals surface area (Å²) in [5, 5.41) is 11.9. The molecule has 0 aliphatic heterocycles. The molecule has 0 saturated heterocycles. The fourth-order valence-corrected chi connectivity index (χ4v) is 7.28. The van der Waals surface area contributed by atoms with E-state index in [9.17, 15) is 5.26 Å². The Morgan fingerprint density at radius 3 is 1.75 bits per heavy atom. The van der Waals surface area contributed by atoms with Gasteiger partial charge in [-0.1, -0.05) is 105 Å². The first-order chi connectivity index (χ1) is 23.5. The summed E-state index contributed by atoms with van der Waals surface area (Å²) >= 11 is 0. The van der Waals surface area contributed by atoms with Crippen molar-refractivity contribution in [3.63, 3.8) is 0 Å². The Hall–Kier alpha value is -6.38. The highest BCUT2D eigenvalue weighted by Crippen LogP contribution is 2.49. The van der Waals surface area contributed by atoms with Crippen molar-refractivity contribution in [1.82, 2.24) is 19.5 Å². The van der Waals surface area contributed by atoms with Crippen LogP contribution in [0.2, 0.25) is 0 Å². The van der Waals surface area contributed by atoms with Gasteiger partial charge < -0.3 is 4.57 Å². The first-order valence-corrected chi connectivity index (χ1v) is 16.1. The van der Waals surface area contributed by atoms with Crippen LogP contribution in [-0.2, 0) is 5.41 Å². The van der Waals surface area contributed by atoms with Gasteiger partial charge in [0.2, 0.25) is 0 Å².